The molecule has 86 valence electrons. The number of likely N-dealkylation sites (N-methyl/N-ethyl adjacent to an activating group) is 1. The zero-order valence-electron chi connectivity index (χ0n) is 8.29. The summed E-state index contributed by atoms with van der Waals surface area (Å²) in [5.41, 5.74) is 0. The highest BCUT2D eigenvalue weighted by Crippen LogP contribution is 2.25. The summed E-state index contributed by atoms with van der Waals surface area (Å²) in [5, 5.41) is 3.04. The van der Waals surface area contributed by atoms with Crippen LogP contribution >= 0.6 is 27.3 Å². The Morgan fingerprint density at radius 1 is 1.40 bits per heavy atom. The Morgan fingerprint density at radius 2 is 2.13 bits per heavy atom. The summed E-state index contributed by atoms with van der Waals surface area (Å²) < 4.78 is 27.0. The lowest BCUT2D eigenvalue weighted by Gasteiger charge is -2.04. The van der Waals surface area contributed by atoms with Crippen molar-refractivity contribution in [2.24, 2.45) is 0 Å². The summed E-state index contributed by atoms with van der Waals surface area (Å²) in [7, 11) is -3.32. The fraction of sp³-hybridized carbons (Fsp3) is 0.500. The quantitative estimate of drug-likeness (QED) is 0.781. The number of thiophene rings is 1. The fourth-order valence-corrected chi connectivity index (χ4v) is 4.05. The lowest BCUT2D eigenvalue weighted by atomic mass is 10.6. The second-order valence-corrected chi connectivity index (χ2v) is 7.27. The molecule has 0 bridgehead atoms. The van der Waals surface area contributed by atoms with Crippen LogP contribution < -0.4 is 10.0 Å². The molecule has 4 nitrogen and oxygen atoms in total. The summed E-state index contributed by atoms with van der Waals surface area (Å²) >= 11 is 4.44. The van der Waals surface area contributed by atoms with Gasteiger partial charge in [-0.05, 0) is 34.6 Å². The molecule has 7 heteroatoms. The summed E-state index contributed by atoms with van der Waals surface area (Å²) in [6.45, 7) is 3.87. The summed E-state index contributed by atoms with van der Waals surface area (Å²) in [6.07, 6.45) is 0. The van der Waals surface area contributed by atoms with Gasteiger partial charge in [0.25, 0.3) is 0 Å². The third kappa shape index (κ3) is 4.20. The Hall–Kier alpha value is 0.0500. The standard InChI is InChI=1S/C8H13BrN2O2S2/c1-2-10-5-6-11-15(12,13)8-4-3-7(9)14-8/h3-4,10-11H,2,5-6H2,1H3. The second-order valence-electron chi connectivity index (χ2n) is 2.81. The summed E-state index contributed by atoms with van der Waals surface area (Å²) in [4.78, 5) is 0. The van der Waals surface area contributed by atoms with Crippen LogP contribution in [0, 0.1) is 0 Å². The van der Waals surface area contributed by atoms with Gasteiger partial charge in [-0.2, -0.15) is 0 Å². The molecule has 0 saturated heterocycles. The van der Waals surface area contributed by atoms with Gasteiger partial charge in [-0.15, -0.1) is 11.3 Å². The molecule has 0 aliphatic carbocycles. The van der Waals surface area contributed by atoms with Crippen LogP contribution in [-0.2, 0) is 10.0 Å². The second kappa shape index (κ2) is 5.95. The van der Waals surface area contributed by atoms with Crippen molar-refractivity contribution in [2.75, 3.05) is 19.6 Å². The average molecular weight is 313 g/mol. The third-order valence-corrected chi connectivity index (χ3v) is 5.23. The van der Waals surface area contributed by atoms with E-state index in [1.54, 1.807) is 12.1 Å². The Kier molecular flexibility index (Phi) is 5.20. The molecule has 0 amide bonds. The maximum absolute atomic E-state index is 11.7. The molecule has 15 heavy (non-hydrogen) atoms. The van der Waals surface area contributed by atoms with Crippen molar-refractivity contribution in [3.63, 3.8) is 0 Å². The molecule has 0 fully saturated rings. The lowest BCUT2D eigenvalue weighted by molar-refractivity contribution is 0.579. The van der Waals surface area contributed by atoms with E-state index < -0.39 is 10.0 Å². The predicted molar refractivity (Wildman–Crippen MR) is 65.8 cm³/mol. The van der Waals surface area contributed by atoms with Crippen LogP contribution in [-0.4, -0.2) is 28.1 Å². The van der Waals surface area contributed by atoms with Crippen molar-refractivity contribution in [3.05, 3.63) is 15.9 Å². The van der Waals surface area contributed by atoms with Gasteiger partial charge in [-0.25, -0.2) is 13.1 Å². The number of hydrogen-bond donors (Lipinski definition) is 2. The van der Waals surface area contributed by atoms with Crippen molar-refractivity contribution in [1.82, 2.24) is 10.0 Å². The number of nitrogens with one attached hydrogen (secondary N) is 2. The fourth-order valence-electron chi connectivity index (χ4n) is 0.964. The average Bonchev–Trinajstić information content (AvgIpc) is 2.60. The number of halogens is 1. The summed E-state index contributed by atoms with van der Waals surface area (Å²) in [6, 6.07) is 3.31. The highest BCUT2D eigenvalue weighted by molar-refractivity contribution is 9.11. The zero-order chi connectivity index (χ0) is 11.3. The van der Waals surface area contributed by atoms with Gasteiger partial charge in [0.1, 0.15) is 4.21 Å². The molecular formula is C8H13BrN2O2S2. The van der Waals surface area contributed by atoms with E-state index in [0.29, 0.717) is 17.3 Å². The first-order chi connectivity index (χ1) is 7.06. The van der Waals surface area contributed by atoms with Crippen molar-refractivity contribution in [3.8, 4) is 0 Å². The Balaban J connectivity index is 2.53. The van der Waals surface area contributed by atoms with E-state index in [-0.39, 0.29) is 0 Å². The SMILES string of the molecule is CCNCCNS(=O)(=O)c1ccc(Br)s1. The van der Waals surface area contributed by atoms with Crippen LogP contribution in [0.1, 0.15) is 6.92 Å². The Labute approximate surface area is 102 Å². The van der Waals surface area contributed by atoms with Gasteiger partial charge in [0, 0.05) is 13.1 Å². The number of sulfonamides is 1. The van der Waals surface area contributed by atoms with Crippen molar-refractivity contribution < 1.29 is 8.42 Å². The van der Waals surface area contributed by atoms with E-state index in [1.807, 2.05) is 6.92 Å². The molecule has 1 rings (SSSR count). The molecule has 0 aromatic carbocycles. The highest BCUT2D eigenvalue weighted by atomic mass is 79.9. The molecule has 0 unspecified atom stereocenters. The van der Waals surface area contributed by atoms with Gasteiger partial charge in [-0.1, -0.05) is 6.92 Å². The molecule has 2 N–H and O–H groups in total. The highest BCUT2D eigenvalue weighted by Gasteiger charge is 2.15. The molecule has 0 spiro atoms. The molecule has 1 aromatic heterocycles. The van der Waals surface area contributed by atoms with Gasteiger partial charge in [0.05, 0.1) is 3.79 Å². The molecule has 1 aromatic rings. The molecule has 0 aliphatic heterocycles. The van der Waals surface area contributed by atoms with Gasteiger partial charge in [0.15, 0.2) is 0 Å². The van der Waals surface area contributed by atoms with Crippen molar-refractivity contribution in [2.45, 2.75) is 11.1 Å². The Bertz CT molecular complexity index is 403. The van der Waals surface area contributed by atoms with Crippen molar-refractivity contribution in [1.29, 1.82) is 0 Å². The van der Waals surface area contributed by atoms with Crippen LogP contribution in [0.4, 0.5) is 0 Å². The lowest BCUT2D eigenvalue weighted by Crippen LogP contribution is -2.31. The molecule has 1 heterocycles. The summed E-state index contributed by atoms with van der Waals surface area (Å²) in [5.74, 6) is 0. The number of hydrogen-bond acceptors (Lipinski definition) is 4. The molecular weight excluding hydrogens is 300 g/mol. The predicted octanol–water partition coefficient (Wildman–Crippen LogP) is 1.40. The van der Waals surface area contributed by atoms with E-state index in [1.165, 1.54) is 11.3 Å². The van der Waals surface area contributed by atoms with E-state index in [9.17, 15) is 8.42 Å². The zero-order valence-corrected chi connectivity index (χ0v) is 11.5. The molecule has 0 radical (unpaired) electrons. The Morgan fingerprint density at radius 3 is 2.67 bits per heavy atom. The van der Waals surface area contributed by atoms with Crippen LogP contribution in [0.25, 0.3) is 0 Å². The monoisotopic (exact) mass is 312 g/mol. The molecule has 0 aliphatic rings. The van der Waals surface area contributed by atoms with Gasteiger partial charge in [0.2, 0.25) is 10.0 Å². The normalized spacial score (nSPS) is 11.9. The van der Waals surface area contributed by atoms with E-state index in [4.69, 9.17) is 0 Å². The molecule has 0 atom stereocenters. The number of rotatable bonds is 6. The first kappa shape index (κ1) is 13.1. The van der Waals surface area contributed by atoms with Crippen LogP contribution in [0.3, 0.4) is 0 Å². The largest absolute Gasteiger partial charge is 0.316 e. The van der Waals surface area contributed by atoms with Crippen molar-refractivity contribution >= 4 is 37.3 Å². The first-order valence-electron chi connectivity index (χ1n) is 4.52. The van der Waals surface area contributed by atoms with Gasteiger partial charge < -0.3 is 5.32 Å². The minimum atomic E-state index is -3.32. The maximum Gasteiger partial charge on any atom is 0.250 e. The maximum atomic E-state index is 11.7. The topological polar surface area (TPSA) is 58.2 Å². The van der Waals surface area contributed by atoms with Crippen LogP contribution in [0.5, 0.6) is 0 Å². The van der Waals surface area contributed by atoms with Crippen LogP contribution in [0.15, 0.2) is 20.1 Å². The third-order valence-electron chi connectivity index (χ3n) is 1.66. The van der Waals surface area contributed by atoms with E-state index >= 15 is 0 Å². The minimum absolute atomic E-state index is 0.339. The minimum Gasteiger partial charge on any atom is -0.316 e. The van der Waals surface area contributed by atoms with Gasteiger partial charge >= 0.3 is 0 Å². The first-order valence-corrected chi connectivity index (χ1v) is 7.61. The van der Waals surface area contributed by atoms with E-state index in [2.05, 4.69) is 26.0 Å². The van der Waals surface area contributed by atoms with E-state index in [0.717, 1.165) is 10.3 Å². The van der Waals surface area contributed by atoms with Gasteiger partial charge in [-0.3, -0.25) is 0 Å². The van der Waals surface area contributed by atoms with Crippen LogP contribution in [0.2, 0.25) is 0 Å². The molecule has 0 saturated carbocycles. The smallest absolute Gasteiger partial charge is 0.250 e.